The lowest BCUT2D eigenvalue weighted by Crippen LogP contribution is -2.05. The molecule has 2 N–H and O–H groups in total. The van der Waals surface area contributed by atoms with Gasteiger partial charge >= 0.3 is 0 Å². The Morgan fingerprint density at radius 3 is 2.54 bits per heavy atom. The summed E-state index contributed by atoms with van der Waals surface area (Å²) in [6.07, 6.45) is 2.97. The van der Waals surface area contributed by atoms with Gasteiger partial charge in [0.15, 0.2) is 23.1 Å². The Bertz CT molecular complexity index is 1110. The Morgan fingerprint density at radius 1 is 1.04 bits per heavy atom. The summed E-state index contributed by atoms with van der Waals surface area (Å²) in [5.41, 5.74) is 1.76. The van der Waals surface area contributed by atoms with E-state index in [1.165, 1.54) is 30.5 Å². The molecule has 0 amide bonds. The molecule has 0 radical (unpaired) electrons. The van der Waals surface area contributed by atoms with Gasteiger partial charge in [0.1, 0.15) is 11.8 Å². The third kappa shape index (κ3) is 2.25. The fourth-order valence-corrected chi connectivity index (χ4v) is 3.27. The minimum absolute atomic E-state index is 0.153. The molecule has 128 valence electrons. The minimum atomic E-state index is -0.828. The first kappa shape index (κ1) is 15.9. The van der Waals surface area contributed by atoms with Gasteiger partial charge in [-0.1, -0.05) is 12.1 Å². The summed E-state index contributed by atoms with van der Waals surface area (Å²) < 4.78 is 34.0. The van der Waals surface area contributed by atoms with Crippen molar-refractivity contribution in [1.29, 1.82) is 5.26 Å². The van der Waals surface area contributed by atoms with Crippen LogP contribution in [0.3, 0.4) is 0 Å². The summed E-state index contributed by atoms with van der Waals surface area (Å²) in [6, 6.07) is 10.1. The molecule has 0 saturated carbocycles. The Balaban J connectivity index is 1.97. The molecule has 2 aromatic carbocycles. The van der Waals surface area contributed by atoms with Gasteiger partial charge in [0.25, 0.3) is 0 Å². The molecule has 1 heterocycles. The molecule has 4 rings (SSSR count). The number of allylic oxidation sites excluding steroid dienone is 1. The molecule has 1 unspecified atom stereocenters. The largest absolute Gasteiger partial charge is 0.505 e. The Labute approximate surface area is 146 Å². The maximum absolute atomic E-state index is 14.7. The summed E-state index contributed by atoms with van der Waals surface area (Å²) in [5.74, 6) is -3.29. The fraction of sp³-hybridized carbons (Fsp3) is 0.0500. The summed E-state index contributed by atoms with van der Waals surface area (Å²) >= 11 is 0. The minimum Gasteiger partial charge on any atom is -0.505 e. The van der Waals surface area contributed by atoms with Crippen LogP contribution in [0.5, 0.6) is 11.5 Å². The van der Waals surface area contributed by atoms with Crippen LogP contribution in [-0.4, -0.2) is 10.2 Å². The SMILES string of the molecule is N#Cc1ccoc1C1C(c2ccc(O)c(F)c2)=Cc2ccc(O)c(F)c21. The summed E-state index contributed by atoms with van der Waals surface area (Å²) in [5, 5.41) is 28.5. The predicted octanol–water partition coefficient (Wildman–Crippen LogP) is 4.53. The highest BCUT2D eigenvalue weighted by atomic mass is 19.1. The monoisotopic (exact) mass is 351 g/mol. The first-order chi connectivity index (χ1) is 12.5. The first-order valence-electron chi connectivity index (χ1n) is 7.70. The summed E-state index contributed by atoms with van der Waals surface area (Å²) in [7, 11) is 0. The van der Waals surface area contributed by atoms with Gasteiger partial charge in [-0.3, -0.25) is 0 Å². The van der Waals surface area contributed by atoms with Crippen molar-refractivity contribution in [2.75, 3.05) is 0 Å². The number of phenols is 2. The highest BCUT2D eigenvalue weighted by Crippen LogP contribution is 2.49. The summed E-state index contributed by atoms with van der Waals surface area (Å²) in [4.78, 5) is 0. The number of phenolic OH excluding ortho intramolecular Hbond substituents is 2. The molecule has 1 aliphatic rings. The van der Waals surface area contributed by atoms with E-state index in [-0.39, 0.29) is 16.9 Å². The maximum atomic E-state index is 14.7. The quantitative estimate of drug-likeness (QED) is 0.711. The van der Waals surface area contributed by atoms with Crippen LogP contribution in [-0.2, 0) is 0 Å². The molecular formula is C20H11F2NO3. The number of halogens is 2. The van der Waals surface area contributed by atoms with Gasteiger partial charge in [0.05, 0.1) is 17.7 Å². The smallest absolute Gasteiger partial charge is 0.169 e. The van der Waals surface area contributed by atoms with Crippen LogP contribution < -0.4 is 0 Å². The van der Waals surface area contributed by atoms with E-state index in [2.05, 4.69) is 0 Å². The predicted molar refractivity (Wildman–Crippen MR) is 89.3 cm³/mol. The second-order valence-electron chi connectivity index (χ2n) is 5.91. The summed E-state index contributed by atoms with van der Waals surface area (Å²) in [6.45, 7) is 0. The zero-order chi connectivity index (χ0) is 18.4. The fourth-order valence-electron chi connectivity index (χ4n) is 3.27. The zero-order valence-electron chi connectivity index (χ0n) is 13.2. The van der Waals surface area contributed by atoms with E-state index in [0.717, 1.165) is 6.07 Å². The molecule has 26 heavy (non-hydrogen) atoms. The van der Waals surface area contributed by atoms with Crippen LogP contribution in [0.1, 0.15) is 33.9 Å². The number of rotatable bonds is 2. The number of nitrogens with zero attached hydrogens (tertiary/aromatic N) is 1. The average molecular weight is 351 g/mol. The van der Waals surface area contributed by atoms with Gasteiger partial charge in [0, 0.05) is 5.56 Å². The topological polar surface area (TPSA) is 77.4 Å². The number of nitriles is 1. The first-order valence-corrected chi connectivity index (χ1v) is 7.70. The Hall–Kier alpha value is -3.59. The lowest BCUT2D eigenvalue weighted by atomic mass is 9.87. The van der Waals surface area contributed by atoms with Gasteiger partial charge in [-0.2, -0.15) is 5.26 Å². The number of hydrogen-bond donors (Lipinski definition) is 2. The lowest BCUT2D eigenvalue weighted by Gasteiger charge is -2.17. The standard InChI is InChI=1S/C20H11F2NO3/c21-14-8-10(1-3-15(14)24)13-7-11-2-4-16(25)19(22)17(11)18(13)20-12(9-23)5-6-26-20/h1-8,18,24-25H. The number of benzene rings is 2. The second kappa shape index (κ2) is 5.74. The van der Waals surface area contributed by atoms with Crippen LogP contribution in [0.4, 0.5) is 8.78 Å². The third-order valence-electron chi connectivity index (χ3n) is 4.46. The van der Waals surface area contributed by atoms with Crippen molar-refractivity contribution < 1.29 is 23.4 Å². The van der Waals surface area contributed by atoms with E-state index in [9.17, 15) is 24.3 Å². The molecule has 1 atom stereocenters. The van der Waals surface area contributed by atoms with Crippen molar-refractivity contribution in [3.05, 3.63) is 82.3 Å². The number of aromatic hydroxyl groups is 2. The van der Waals surface area contributed by atoms with E-state index < -0.39 is 29.1 Å². The van der Waals surface area contributed by atoms with E-state index in [1.54, 1.807) is 12.1 Å². The molecule has 6 heteroatoms. The van der Waals surface area contributed by atoms with Gasteiger partial charge in [-0.15, -0.1) is 0 Å². The lowest BCUT2D eigenvalue weighted by molar-refractivity contribution is 0.426. The van der Waals surface area contributed by atoms with E-state index >= 15 is 0 Å². The van der Waals surface area contributed by atoms with Crippen LogP contribution >= 0.6 is 0 Å². The maximum Gasteiger partial charge on any atom is 0.169 e. The van der Waals surface area contributed by atoms with Crippen LogP contribution in [0, 0.1) is 23.0 Å². The average Bonchev–Trinajstić information content (AvgIpc) is 3.24. The molecule has 0 aliphatic heterocycles. The molecule has 0 bridgehead atoms. The second-order valence-corrected chi connectivity index (χ2v) is 5.91. The van der Waals surface area contributed by atoms with Gasteiger partial charge in [-0.25, -0.2) is 8.78 Å². The molecular weight excluding hydrogens is 340 g/mol. The van der Waals surface area contributed by atoms with Crippen molar-refractivity contribution in [1.82, 2.24) is 0 Å². The van der Waals surface area contributed by atoms with Gasteiger partial charge in [0.2, 0.25) is 0 Å². The van der Waals surface area contributed by atoms with E-state index in [1.807, 2.05) is 6.07 Å². The normalized spacial score (nSPS) is 15.4. The van der Waals surface area contributed by atoms with Crippen LogP contribution in [0.25, 0.3) is 11.6 Å². The number of hydrogen-bond acceptors (Lipinski definition) is 4. The van der Waals surface area contributed by atoms with Crippen LogP contribution in [0.2, 0.25) is 0 Å². The van der Waals surface area contributed by atoms with Gasteiger partial charge in [-0.05, 0) is 47.0 Å². The molecule has 0 fully saturated rings. The highest BCUT2D eigenvalue weighted by molar-refractivity contribution is 5.94. The van der Waals surface area contributed by atoms with Crippen LogP contribution in [0.15, 0.2) is 47.1 Å². The Kier molecular flexibility index (Phi) is 3.51. The third-order valence-corrected chi connectivity index (χ3v) is 4.46. The van der Waals surface area contributed by atoms with Gasteiger partial charge < -0.3 is 14.6 Å². The van der Waals surface area contributed by atoms with Crippen molar-refractivity contribution in [3.8, 4) is 17.6 Å². The molecule has 0 spiro atoms. The van der Waals surface area contributed by atoms with Crippen molar-refractivity contribution in [3.63, 3.8) is 0 Å². The molecule has 1 aromatic heterocycles. The van der Waals surface area contributed by atoms with Crippen molar-refractivity contribution in [2.24, 2.45) is 0 Å². The zero-order valence-corrected chi connectivity index (χ0v) is 13.2. The molecule has 3 aromatic rings. The van der Waals surface area contributed by atoms with Crippen molar-refractivity contribution in [2.45, 2.75) is 5.92 Å². The van der Waals surface area contributed by atoms with Crippen molar-refractivity contribution >= 4 is 11.6 Å². The van der Waals surface area contributed by atoms with E-state index in [4.69, 9.17) is 4.42 Å². The molecule has 1 aliphatic carbocycles. The molecule has 0 saturated heterocycles. The number of fused-ring (bicyclic) bond motifs is 1. The Morgan fingerprint density at radius 2 is 1.81 bits per heavy atom. The van der Waals surface area contributed by atoms with E-state index in [0.29, 0.717) is 16.7 Å². The highest BCUT2D eigenvalue weighted by Gasteiger charge is 2.35. The molecule has 4 nitrogen and oxygen atoms in total. The number of furan rings is 1.